The van der Waals surface area contributed by atoms with Gasteiger partial charge in [0, 0.05) is 32.7 Å². The fourth-order valence-corrected chi connectivity index (χ4v) is 8.59. The number of aromatic nitrogens is 1. The third-order valence-electron chi connectivity index (χ3n) is 6.23. The van der Waals surface area contributed by atoms with Gasteiger partial charge >= 0.3 is 0 Å². The quantitative estimate of drug-likeness (QED) is 0.560. The molecule has 5 rings (SSSR count). The Labute approximate surface area is 196 Å². The highest BCUT2D eigenvalue weighted by molar-refractivity contribution is 7.91. The molecule has 2 aliphatic heterocycles. The zero-order chi connectivity index (χ0) is 22.5. The van der Waals surface area contributed by atoms with Crippen LogP contribution < -0.4 is 4.90 Å². The van der Waals surface area contributed by atoms with Gasteiger partial charge in [0.2, 0.25) is 5.91 Å². The Kier molecular flexibility index (Phi) is 5.73. The van der Waals surface area contributed by atoms with Gasteiger partial charge in [0.1, 0.15) is 10.3 Å². The van der Waals surface area contributed by atoms with Gasteiger partial charge in [-0.2, -0.15) is 4.31 Å². The molecule has 1 amide bonds. The highest BCUT2D eigenvalue weighted by Crippen LogP contribution is 2.33. The summed E-state index contributed by atoms with van der Waals surface area (Å²) in [6.07, 6.45) is 1.30. The summed E-state index contributed by atoms with van der Waals surface area (Å²) in [5, 5.41) is 2.74. The number of carbonyl (C=O) groups excluding carboxylic acids is 1. The van der Waals surface area contributed by atoms with Crippen LogP contribution in [0.25, 0.3) is 10.2 Å². The standard InChI is InChI=1S/C22H26N4O3S3/c1-15-13-16(2)20-18(14-15)31-22(23-20)25-10-8-24(9-11-25)21(27)17-5-3-7-26(17)32(28,29)19-6-4-12-30-19/h4,6,12-14,17H,3,5,7-11H2,1-2H3. The molecular weight excluding hydrogens is 464 g/mol. The van der Waals surface area contributed by atoms with Gasteiger partial charge in [-0.15, -0.1) is 11.3 Å². The number of thiophene rings is 1. The monoisotopic (exact) mass is 490 g/mol. The Bertz CT molecular complexity index is 1240. The van der Waals surface area contributed by atoms with Gasteiger partial charge in [0.15, 0.2) is 5.13 Å². The number of sulfonamides is 1. The Hall–Kier alpha value is -2.01. The first-order chi connectivity index (χ1) is 15.3. The molecule has 0 saturated carbocycles. The van der Waals surface area contributed by atoms with Crippen molar-refractivity contribution in [2.45, 2.75) is 36.9 Å². The maximum absolute atomic E-state index is 13.3. The molecule has 7 nitrogen and oxygen atoms in total. The number of thiazole rings is 1. The highest BCUT2D eigenvalue weighted by atomic mass is 32.2. The molecule has 1 aromatic carbocycles. The molecule has 0 spiro atoms. The molecular formula is C22H26N4O3S3. The summed E-state index contributed by atoms with van der Waals surface area (Å²) in [5.74, 6) is -0.0712. The number of hydrogen-bond donors (Lipinski definition) is 0. The first-order valence-electron chi connectivity index (χ1n) is 10.8. The lowest BCUT2D eigenvalue weighted by atomic mass is 10.1. The Balaban J connectivity index is 1.28. The van der Waals surface area contributed by atoms with Crippen molar-refractivity contribution in [3.63, 3.8) is 0 Å². The van der Waals surface area contributed by atoms with Gasteiger partial charge in [0.05, 0.1) is 10.2 Å². The lowest BCUT2D eigenvalue weighted by Crippen LogP contribution is -2.54. The maximum Gasteiger partial charge on any atom is 0.253 e. The first kappa shape index (κ1) is 21.8. The number of aryl methyl sites for hydroxylation is 2. The van der Waals surface area contributed by atoms with Crippen molar-refractivity contribution >= 4 is 54.0 Å². The van der Waals surface area contributed by atoms with E-state index < -0.39 is 16.1 Å². The minimum Gasteiger partial charge on any atom is -0.345 e. The molecule has 2 fully saturated rings. The van der Waals surface area contributed by atoms with Crippen molar-refractivity contribution < 1.29 is 13.2 Å². The van der Waals surface area contributed by atoms with Gasteiger partial charge in [-0.25, -0.2) is 13.4 Å². The molecule has 1 atom stereocenters. The second-order valence-corrected chi connectivity index (χ2v) is 12.5. The Morgan fingerprint density at radius 1 is 1.12 bits per heavy atom. The molecule has 2 saturated heterocycles. The van der Waals surface area contributed by atoms with Crippen LogP contribution in [0.1, 0.15) is 24.0 Å². The summed E-state index contributed by atoms with van der Waals surface area (Å²) in [6, 6.07) is 7.07. The van der Waals surface area contributed by atoms with E-state index in [2.05, 4.69) is 30.9 Å². The smallest absolute Gasteiger partial charge is 0.253 e. The number of piperazine rings is 1. The Morgan fingerprint density at radius 3 is 2.62 bits per heavy atom. The molecule has 0 aliphatic carbocycles. The third kappa shape index (κ3) is 3.83. The average molecular weight is 491 g/mol. The Morgan fingerprint density at radius 2 is 1.91 bits per heavy atom. The van der Waals surface area contributed by atoms with E-state index in [0.717, 1.165) is 10.6 Å². The number of amides is 1. The lowest BCUT2D eigenvalue weighted by molar-refractivity contribution is -0.134. The zero-order valence-electron chi connectivity index (χ0n) is 18.2. The topological polar surface area (TPSA) is 73.8 Å². The van der Waals surface area contributed by atoms with E-state index in [-0.39, 0.29) is 5.91 Å². The average Bonchev–Trinajstić information content (AvgIpc) is 3.53. The molecule has 10 heteroatoms. The number of hydrogen-bond acceptors (Lipinski definition) is 7. The first-order valence-corrected chi connectivity index (χ1v) is 13.9. The normalized spacial score (nSPS) is 20.4. The number of nitrogens with zero attached hydrogens (tertiary/aromatic N) is 4. The molecule has 2 aromatic heterocycles. The van der Waals surface area contributed by atoms with Crippen LogP contribution in [0.5, 0.6) is 0 Å². The second-order valence-electron chi connectivity index (χ2n) is 8.44. The van der Waals surface area contributed by atoms with E-state index in [1.807, 2.05) is 4.90 Å². The van der Waals surface area contributed by atoms with Crippen molar-refractivity contribution in [1.82, 2.24) is 14.2 Å². The van der Waals surface area contributed by atoms with Crippen LogP contribution in [0, 0.1) is 13.8 Å². The molecule has 0 N–H and O–H groups in total. The predicted octanol–water partition coefficient (Wildman–Crippen LogP) is 3.48. The maximum atomic E-state index is 13.3. The van der Waals surface area contributed by atoms with Gasteiger partial charge < -0.3 is 9.80 Å². The van der Waals surface area contributed by atoms with Crippen molar-refractivity contribution in [2.24, 2.45) is 0 Å². The molecule has 3 aromatic rings. The largest absolute Gasteiger partial charge is 0.345 e. The molecule has 2 aliphatic rings. The SMILES string of the molecule is Cc1cc(C)c2nc(N3CCN(C(=O)C4CCCN4S(=O)(=O)c4cccs4)CC3)sc2c1. The number of anilines is 1. The van der Waals surface area contributed by atoms with Crippen molar-refractivity contribution in [3.05, 3.63) is 40.8 Å². The van der Waals surface area contributed by atoms with E-state index in [9.17, 15) is 13.2 Å². The summed E-state index contributed by atoms with van der Waals surface area (Å²) in [5.41, 5.74) is 3.47. The minimum atomic E-state index is -3.62. The van der Waals surface area contributed by atoms with Crippen LogP contribution in [0.15, 0.2) is 33.9 Å². The van der Waals surface area contributed by atoms with Gasteiger partial charge in [0.25, 0.3) is 10.0 Å². The van der Waals surface area contributed by atoms with E-state index in [1.54, 1.807) is 28.8 Å². The van der Waals surface area contributed by atoms with Crippen molar-refractivity contribution in [3.8, 4) is 0 Å². The van der Waals surface area contributed by atoms with E-state index in [0.29, 0.717) is 49.8 Å². The molecule has 1 unspecified atom stereocenters. The number of fused-ring (bicyclic) bond motifs is 1. The number of benzene rings is 1. The van der Waals surface area contributed by atoms with Crippen LogP contribution >= 0.6 is 22.7 Å². The molecule has 0 bridgehead atoms. The second kappa shape index (κ2) is 8.40. The van der Waals surface area contributed by atoms with Crippen LogP contribution in [-0.2, 0) is 14.8 Å². The fraction of sp³-hybridized carbons (Fsp3) is 0.455. The molecule has 0 radical (unpaired) electrons. The lowest BCUT2D eigenvalue weighted by Gasteiger charge is -2.37. The van der Waals surface area contributed by atoms with Crippen molar-refractivity contribution in [1.29, 1.82) is 0 Å². The van der Waals surface area contributed by atoms with Crippen LogP contribution in [-0.4, -0.2) is 67.3 Å². The fourth-order valence-electron chi connectivity index (χ4n) is 4.62. The summed E-state index contributed by atoms with van der Waals surface area (Å²) >= 11 is 2.89. The predicted molar refractivity (Wildman–Crippen MR) is 129 cm³/mol. The van der Waals surface area contributed by atoms with Gasteiger partial charge in [-0.05, 0) is 55.3 Å². The number of rotatable bonds is 4. The molecule has 32 heavy (non-hydrogen) atoms. The third-order valence-corrected chi connectivity index (χ3v) is 10.6. The molecule has 4 heterocycles. The van der Waals surface area contributed by atoms with Gasteiger partial charge in [-0.1, -0.05) is 23.5 Å². The van der Waals surface area contributed by atoms with Crippen LogP contribution in [0.2, 0.25) is 0 Å². The summed E-state index contributed by atoms with van der Waals surface area (Å²) in [4.78, 5) is 22.2. The molecule has 170 valence electrons. The van der Waals surface area contributed by atoms with Gasteiger partial charge in [-0.3, -0.25) is 4.79 Å². The summed E-state index contributed by atoms with van der Waals surface area (Å²) in [6.45, 7) is 7.16. The highest BCUT2D eigenvalue weighted by Gasteiger charge is 2.42. The van der Waals surface area contributed by atoms with Crippen LogP contribution in [0.3, 0.4) is 0 Å². The van der Waals surface area contributed by atoms with E-state index >= 15 is 0 Å². The van der Waals surface area contributed by atoms with E-state index in [4.69, 9.17) is 4.98 Å². The summed E-state index contributed by atoms with van der Waals surface area (Å²) < 4.78 is 28.9. The minimum absolute atomic E-state index is 0.0712. The summed E-state index contributed by atoms with van der Waals surface area (Å²) in [7, 11) is -3.62. The van der Waals surface area contributed by atoms with E-state index in [1.165, 1.54) is 31.5 Å². The zero-order valence-corrected chi connectivity index (χ0v) is 20.6. The van der Waals surface area contributed by atoms with Crippen molar-refractivity contribution in [2.75, 3.05) is 37.6 Å². The number of carbonyl (C=O) groups is 1. The van der Waals surface area contributed by atoms with Crippen LogP contribution in [0.4, 0.5) is 5.13 Å².